The highest BCUT2D eigenvalue weighted by atomic mass is 16.4. The Bertz CT molecular complexity index is 2380. The van der Waals surface area contributed by atoms with Crippen LogP contribution in [0.5, 0.6) is 0 Å². The summed E-state index contributed by atoms with van der Waals surface area (Å²) in [5.74, 6) is -6.78. The van der Waals surface area contributed by atoms with Gasteiger partial charge >= 0.3 is 5.97 Å². The van der Waals surface area contributed by atoms with Gasteiger partial charge in [-0.1, -0.05) is 45.9 Å². The number of guanidine groups is 3. The lowest BCUT2D eigenvalue weighted by Crippen LogP contribution is -2.60. The first kappa shape index (κ1) is 62.6. The van der Waals surface area contributed by atoms with Gasteiger partial charge in [-0.3, -0.25) is 48.5 Å². The molecule has 0 spiro atoms. The molecule has 0 bridgehead atoms. The van der Waals surface area contributed by atoms with E-state index in [1.807, 2.05) is 52.0 Å². The number of nitrogens with zero attached hydrogens (tertiary/aromatic N) is 4. The van der Waals surface area contributed by atoms with Crippen molar-refractivity contribution in [2.24, 2.45) is 66.9 Å². The predicted octanol–water partition coefficient (Wildman–Crippen LogP) is -2.71. The van der Waals surface area contributed by atoms with Crippen LogP contribution in [-0.2, 0) is 44.8 Å². The maximum atomic E-state index is 14.9. The highest BCUT2D eigenvalue weighted by Gasteiger charge is 2.41. The number of carbonyl (C=O) groups is 8. The third-order valence-corrected chi connectivity index (χ3v) is 12.4. The van der Waals surface area contributed by atoms with E-state index in [1.54, 1.807) is 6.20 Å². The molecule has 1 aliphatic rings. The third-order valence-electron chi connectivity index (χ3n) is 12.4. The number of likely N-dealkylation sites (tertiary alicyclic amines) is 1. The molecule has 0 saturated carbocycles. The van der Waals surface area contributed by atoms with Crippen LogP contribution in [0.1, 0.15) is 104 Å². The Morgan fingerprint density at radius 2 is 1.12 bits per heavy atom. The number of benzene rings is 1. The van der Waals surface area contributed by atoms with E-state index in [-0.39, 0.29) is 114 Å². The molecule has 8 unspecified atom stereocenters. The van der Waals surface area contributed by atoms with E-state index in [1.165, 1.54) is 11.8 Å². The lowest BCUT2D eigenvalue weighted by atomic mass is 9.99. The Hall–Kier alpha value is -7.71. The van der Waals surface area contributed by atoms with Crippen molar-refractivity contribution >= 4 is 76.1 Å². The fourth-order valence-electron chi connectivity index (χ4n) is 8.58. The smallest absolute Gasteiger partial charge is 0.326 e. The number of carboxylic acids is 1. The molecule has 7 amide bonds. The van der Waals surface area contributed by atoms with Crippen molar-refractivity contribution in [1.29, 1.82) is 0 Å². The lowest BCUT2D eigenvalue weighted by Gasteiger charge is -2.31. The third kappa shape index (κ3) is 21.3. The molecule has 27 nitrogen and oxygen atoms in total. The number of aliphatic carboxylic acids is 1. The molecule has 76 heavy (non-hydrogen) atoms. The molecule has 0 aliphatic carbocycles. The van der Waals surface area contributed by atoms with Crippen molar-refractivity contribution in [3.63, 3.8) is 0 Å². The highest BCUT2D eigenvalue weighted by Crippen LogP contribution is 2.24. The van der Waals surface area contributed by atoms with Crippen LogP contribution < -0.4 is 72.0 Å². The molecule has 1 aromatic carbocycles. The van der Waals surface area contributed by atoms with Crippen LogP contribution in [0.15, 0.2) is 45.4 Å². The van der Waals surface area contributed by atoms with Crippen molar-refractivity contribution in [1.82, 2.24) is 41.8 Å². The minimum Gasteiger partial charge on any atom is -0.480 e. The van der Waals surface area contributed by atoms with Crippen molar-refractivity contribution < 1.29 is 43.5 Å². The van der Waals surface area contributed by atoms with Crippen molar-refractivity contribution in [3.8, 4) is 0 Å². The molecule has 422 valence electrons. The number of hydrogen-bond donors (Lipinski definition) is 15. The molecule has 2 aromatic rings. The zero-order valence-electron chi connectivity index (χ0n) is 44.3. The first-order chi connectivity index (χ1) is 35.9. The monoisotopic (exact) mass is 1070 g/mol. The SMILES string of the molecule is CC(C)CC(NC(=O)C(C)NC(=O)C(N)CCCN=C(N)N)C(=O)NC(Cc1c[nH]c2ccccc12)C(=O)N1CCCC1C(=O)NC(CC(C)C)C(=O)NC(CCCN=C(N)N)C(=O)NC(CCCN=C(N)N)C(=O)O. The number of amides is 7. The van der Waals surface area contributed by atoms with Gasteiger partial charge in [0.05, 0.1) is 6.04 Å². The lowest BCUT2D eigenvalue weighted by molar-refractivity contribution is -0.143. The summed E-state index contributed by atoms with van der Waals surface area (Å²) in [7, 11) is 0. The normalized spacial score (nSPS) is 15.9. The van der Waals surface area contributed by atoms with Crippen LogP contribution in [0.25, 0.3) is 10.9 Å². The molecule has 1 saturated heterocycles. The van der Waals surface area contributed by atoms with Gasteiger partial charge < -0.3 is 87.0 Å². The summed E-state index contributed by atoms with van der Waals surface area (Å²) in [4.78, 5) is 127. The van der Waals surface area contributed by atoms with Gasteiger partial charge in [0, 0.05) is 49.7 Å². The number of nitrogens with one attached hydrogen (secondary N) is 7. The molecule has 1 aliphatic heterocycles. The summed E-state index contributed by atoms with van der Waals surface area (Å²) in [6.45, 7) is 9.42. The Labute approximate surface area is 442 Å². The quantitative estimate of drug-likeness (QED) is 0.0201. The molecule has 1 fully saturated rings. The number of fused-ring (bicyclic) bond motifs is 1. The largest absolute Gasteiger partial charge is 0.480 e. The van der Waals surface area contributed by atoms with E-state index in [4.69, 9.17) is 40.1 Å². The van der Waals surface area contributed by atoms with Crippen LogP contribution in [-0.4, -0.2) is 155 Å². The summed E-state index contributed by atoms with van der Waals surface area (Å²) < 4.78 is 0. The first-order valence-electron chi connectivity index (χ1n) is 25.7. The molecular weight excluding hydrogens is 985 g/mol. The molecule has 8 atom stereocenters. The minimum atomic E-state index is -1.35. The van der Waals surface area contributed by atoms with E-state index >= 15 is 0 Å². The fourth-order valence-corrected chi connectivity index (χ4v) is 8.58. The zero-order chi connectivity index (χ0) is 56.6. The molecule has 1 aromatic heterocycles. The van der Waals surface area contributed by atoms with Gasteiger partial charge in [-0.25, -0.2) is 4.79 Å². The number of hydrogen-bond acceptors (Lipinski definition) is 12. The van der Waals surface area contributed by atoms with Crippen molar-refractivity contribution in [2.45, 2.75) is 154 Å². The number of aromatic nitrogens is 1. The van der Waals surface area contributed by atoms with E-state index < -0.39 is 95.7 Å². The van der Waals surface area contributed by atoms with Gasteiger partial charge in [-0.15, -0.1) is 0 Å². The van der Waals surface area contributed by atoms with Gasteiger partial charge in [-0.05, 0) is 94.6 Å². The number of aliphatic imine (C=N–C) groups is 3. The Kier molecular flexibility index (Phi) is 25.7. The van der Waals surface area contributed by atoms with Gasteiger partial charge in [-0.2, -0.15) is 0 Å². The van der Waals surface area contributed by atoms with Gasteiger partial charge in [0.2, 0.25) is 41.4 Å². The number of carbonyl (C=O) groups excluding carboxylic acids is 7. The van der Waals surface area contributed by atoms with Gasteiger partial charge in [0.25, 0.3) is 0 Å². The predicted molar refractivity (Wildman–Crippen MR) is 288 cm³/mol. The van der Waals surface area contributed by atoms with Crippen LogP contribution in [0, 0.1) is 11.8 Å². The summed E-state index contributed by atoms with van der Waals surface area (Å²) >= 11 is 0. The molecule has 0 radical (unpaired) electrons. The second-order valence-electron chi connectivity index (χ2n) is 19.8. The van der Waals surface area contributed by atoms with Gasteiger partial charge in [0.1, 0.15) is 42.3 Å². The number of carboxylic acid groups (broad SMARTS) is 1. The maximum absolute atomic E-state index is 14.9. The molecule has 27 heteroatoms. The van der Waals surface area contributed by atoms with E-state index in [0.29, 0.717) is 18.4 Å². The summed E-state index contributed by atoms with van der Waals surface area (Å²) in [5.41, 5.74) is 40.0. The zero-order valence-corrected chi connectivity index (χ0v) is 44.3. The second-order valence-corrected chi connectivity index (χ2v) is 19.8. The van der Waals surface area contributed by atoms with Gasteiger partial charge in [0.15, 0.2) is 17.9 Å². The number of rotatable bonds is 32. The first-order valence-corrected chi connectivity index (χ1v) is 25.7. The highest BCUT2D eigenvalue weighted by molar-refractivity contribution is 5.98. The van der Waals surface area contributed by atoms with Crippen molar-refractivity contribution in [3.05, 3.63) is 36.0 Å². The van der Waals surface area contributed by atoms with Crippen molar-refractivity contribution in [2.75, 3.05) is 26.2 Å². The molecular formula is C49H82N18O9. The molecule has 2 heterocycles. The average molecular weight is 1070 g/mol. The van der Waals surface area contributed by atoms with Crippen LogP contribution in [0.2, 0.25) is 0 Å². The van der Waals surface area contributed by atoms with Crippen LogP contribution in [0.3, 0.4) is 0 Å². The van der Waals surface area contributed by atoms with E-state index in [0.717, 1.165) is 10.9 Å². The number of nitrogens with two attached hydrogens (primary N) is 7. The van der Waals surface area contributed by atoms with Crippen LogP contribution in [0.4, 0.5) is 0 Å². The minimum absolute atomic E-state index is 0.0128. The second kappa shape index (κ2) is 31.2. The summed E-state index contributed by atoms with van der Waals surface area (Å²) in [6, 6.07) is -2.01. The van der Waals surface area contributed by atoms with E-state index in [2.05, 4.69) is 51.9 Å². The van der Waals surface area contributed by atoms with Crippen LogP contribution >= 0.6 is 0 Å². The number of para-hydroxylation sites is 1. The molecule has 22 N–H and O–H groups in total. The average Bonchev–Trinajstić information content (AvgIpc) is 4.01. The van der Waals surface area contributed by atoms with E-state index in [9.17, 15) is 43.5 Å². The Morgan fingerprint density at radius 3 is 1.67 bits per heavy atom. The summed E-state index contributed by atoms with van der Waals surface area (Å²) in [6.07, 6.45) is 3.64. The topological polar surface area (TPSA) is 467 Å². The number of H-pyrrole nitrogens is 1. The maximum Gasteiger partial charge on any atom is 0.326 e. The summed E-state index contributed by atoms with van der Waals surface area (Å²) in [5, 5.41) is 26.9. The number of aromatic amines is 1. The fraction of sp³-hybridized carbons (Fsp3) is 0.612. The molecule has 3 rings (SSSR count). The standard InChI is InChI=1S/C49H82N18O9/c1-26(2)22-35(64-39(68)28(5)61-40(69)31(50)13-8-18-57-47(51)52)43(72)66-37(24-29-25-60-32-14-7-6-12-30(29)32)45(74)67-21-11-17-38(67)44(73)65-36(23-27(3)4)42(71)62-33(15-9-19-58-48(53)54)41(70)63-34(46(75)76)16-10-20-59-49(55)56/h6-7,12,14,25-28,31,33-38,60H,8-11,13,15-24,50H2,1-5H3,(H,61,69)(H,62,71)(H,63,70)(H,64,68)(H,65,73)(H,66,72)(H,75,76)(H4,51,52,57)(H4,53,54,58)(H4,55,56,59). The Morgan fingerprint density at radius 1 is 0.632 bits per heavy atom. The Balaban J connectivity index is 1.88.